The van der Waals surface area contributed by atoms with Gasteiger partial charge in [0.15, 0.2) is 0 Å². The highest BCUT2D eigenvalue weighted by Gasteiger charge is 2.22. The summed E-state index contributed by atoms with van der Waals surface area (Å²) in [5, 5.41) is 8.51. The fraction of sp³-hybridized carbons (Fsp3) is 0.923. The zero-order valence-electron chi connectivity index (χ0n) is 10.5. The molecule has 0 atom stereocenters. The zero-order chi connectivity index (χ0) is 11.7. The van der Waals surface area contributed by atoms with Crippen molar-refractivity contribution in [3.63, 3.8) is 0 Å². The van der Waals surface area contributed by atoms with Gasteiger partial charge in [-0.05, 0) is 18.3 Å². The Kier molecular flexibility index (Phi) is 7.45. The molecule has 1 N–H and O–H groups in total. The Morgan fingerprint density at radius 1 is 1.00 bits per heavy atom. The highest BCUT2D eigenvalue weighted by atomic mass is 16.4. The molecule has 0 heterocycles. The van der Waals surface area contributed by atoms with Crippen molar-refractivity contribution in [2.24, 2.45) is 5.41 Å². The molecule has 2 nitrogen and oxygen atoms in total. The van der Waals surface area contributed by atoms with E-state index in [2.05, 4.69) is 20.8 Å². The predicted molar refractivity (Wildman–Crippen MR) is 64.0 cm³/mol. The molecule has 0 amide bonds. The number of hydrogen-bond acceptors (Lipinski definition) is 1. The van der Waals surface area contributed by atoms with E-state index < -0.39 is 5.97 Å². The molecule has 0 saturated heterocycles. The minimum absolute atomic E-state index is 0.331. The molecule has 0 aliphatic rings. The maximum Gasteiger partial charge on any atom is 0.303 e. The van der Waals surface area contributed by atoms with E-state index in [0.717, 1.165) is 12.8 Å². The third-order valence-electron chi connectivity index (χ3n) is 3.85. The molecule has 0 fully saturated rings. The highest BCUT2D eigenvalue weighted by molar-refractivity contribution is 5.66. The van der Waals surface area contributed by atoms with Gasteiger partial charge in [-0.3, -0.25) is 4.79 Å². The number of hydrogen-bond donors (Lipinski definition) is 1. The van der Waals surface area contributed by atoms with Gasteiger partial charge >= 0.3 is 5.97 Å². The van der Waals surface area contributed by atoms with Crippen LogP contribution in [0.25, 0.3) is 0 Å². The van der Waals surface area contributed by atoms with E-state index in [1.807, 2.05) is 0 Å². The Hall–Kier alpha value is -0.530. The van der Waals surface area contributed by atoms with Crippen molar-refractivity contribution in [2.75, 3.05) is 0 Å². The third kappa shape index (κ3) is 5.81. The smallest absolute Gasteiger partial charge is 0.303 e. The first-order valence-corrected chi connectivity index (χ1v) is 6.32. The van der Waals surface area contributed by atoms with Crippen molar-refractivity contribution in [2.45, 2.75) is 72.1 Å². The summed E-state index contributed by atoms with van der Waals surface area (Å²) in [6.45, 7) is 6.80. The minimum Gasteiger partial charge on any atom is -0.481 e. The number of rotatable bonds is 9. The van der Waals surface area contributed by atoms with Crippen LogP contribution in [0.3, 0.4) is 0 Å². The Balaban J connectivity index is 3.67. The molecule has 0 aromatic rings. The van der Waals surface area contributed by atoms with Crippen molar-refractivity contribution in [1.82, 2.24) is 0 Å². The lowest BCUT2D eigenvalue weighted by molar-refractivity contribution is -0.137. The van der Waals surface area contributed by atoms with Crippen LogP contribution in [0.4, 0.5) is 0 Å². The van der Waals surface area contributed by atoms with Crippen LogP contribution in [0.2, 0.25) is 0 Å². The third-order valence-corrected chi connectivity index (χ3v) is 3.85. The molecule has 15 heavy (non-hydrogen) atoms. The molecule has 0 aliphatic carbocycles. The Morgan fingerprint density at radius 2 is 1.53 bits per heavy atom. The van der Waals surface area contributed by atoms with Gasteiger partial charge in [-0.1, -0.05) is 52.9 Å². The molecule has 0 aromatic heterocycles. The van der Waals surface area contributed by atoms with Crippen molar-refractivity contribution < 1.29 is 9.90 Å². The molecule has 0 rings (SSSR count). The molecule has 2 heteroatoms. The maximum atomic E-state index is 10.3. The molecule has 0 saturated carbocycles. The summed E-state index contributed by atoms with van der Waals surface area (Å²) in [7, 11) is 0. The standard InChI is InChI=1S/C13H26O2/c1-4-13(5-2,6-3)11-9-7-8-10-12(14)15/h4-11H2,1-3H3,(H,14,15). The molecule has 0 radical (unpaired) electrons. The van der Waals surface area contributed by atoms with Crippen LogP contribution in [0.15, 0.2) is 0 Å². The Labute approximate surface area is 94.1 Å². The van der Waals surface area contributed by atoms with Crippen LogP contribution in [-0.2, 0) is 4.79 Å². The van der Waals surface area contributed by atoms with Crippen molar-refractivity contribution in [3.8, 4) is 0 Å². The monoisotopic (exact) mass is 214 g/mol. The summed E-state index contributed by atoms with van der Waals surface area (Å²) in [4.78, 5) is 10.3. The van der Waals surface area contributed by atoms with Crippen LogP contribution in [0, 0.1) is 5.41 Å². The topological polar surface area (TPSA) is 37.3 Å². The molecule has 0 unspecified atom stereocenters. The first-order valence-electron chi connectivity index (χ1n) is 6.32. The summed E-state index contributed by atoms with van der Waals surface area (Å²) in [5.41, 5.74) is 0.517. The number of aliphatic carboxylic acids is 1. The van der Waals surface area contributed by atoms with E-state index in [0.29, 0.717) is 11.8 Å². The Morgan fingerprint density at radius 3 is 1.93 bits per heavy atom. The largest absolute Gasteiger partial charge is 0.481 e. The number of carbonyl (C=O) groups is 1. The summed E-state index contributed by atoms with van der Waals surface area (Å²) in [5.74, 6) is -0.664. The van der Waals surface area contributed by atoms with E-state index in [9.17, 15) is 4.79 Å². The van der Waals surface area contributed by atoms with Gasteiger partial charge in [0.2, 0.25) is 0 Å². The zero-order valence-corrected chi connectivity index (χ0v) is 10.5. The molecule has 0 spiro atoms. The van der Waals surface area contributed by atoms with Crippen molar-refractivity contribution in [1.29, 1.82) is 0 Å². The van der Waals surface area contributed by atoms with E-state index in [-0.39, 0.29) is 0 Å². The van der Waals surface area contributed by atoms with E-state index in [1.54, 1.807) is 0 Å². The molecule has 0 aromatic carbocycles. The lowest BCUT2D eigenvalue weighted by Crippen LogP contribution is -2.17. The first-order chi connectivity index (χ1) is 7.10. The summed E-state index contributed by atoms with van der Waals surface area (Å²) in [6, 6.07) is 0. The molecule has 90 valence electrons. The van der Waals surface area contributed by atoms with Crippen LogP contribution >= 0.6 is 0 Å². The van der Waals surface area contributed by atoms with Gasteiger partial charge in [-0.15, -0.1) is 0 Å². The number of unbranched alkanes of at least 4 members (excludes halogenated alkanes) is 2. The summed E-state index contributed by atoms with van der Waals surface area (Å²) >= 11 is 0. The van der Waals surface area contributed by atoms with Gasteiger partial charge in [-0.2, -0.15) is 0 Å². The van der Waals surface area contributed by atoms with Gasteiger partial charge in [0.25, 0.3) is 0 Å². The minimum atomic E-state index is -0.664. The summed E-state index contributed by atoms with van der Waals surface area (Å²) < 4.78 is 0. The van der Waals surface area contributed by atoms with Crippen LogP contribution in [0.5, 0.6) is 0 Å². The fourth-order valence-corrected chi connectivity index (χ4v) is 2.23. The maximum absolute atomic E-state index is 10.3. The van der Waals surface area contributed by atoms with Gasteiger partial charge in [0.05, 0.1) is 0 Å². The number of carboxylic acids is 1. The van der Waals surface area contributed by atoms with Gasteiger partial charge in [-0.25, -0.2) is 0 Å². The molecular formula is C13H26O2. The average Bonchev–Trinajstić information content (AvgIpc) is 2.24. The van der Waals surface area contributed by atoms with Gasteiger partial charge in [0.1, 0.15) is 0 Å². The van der Waals surface area contributed by atoms with Crippen LogP contribution in [-0.4, -0.2) is 11.1 Å². The SMILES string of the molecule is CCC(CC)(CC)CCCCCC(=O)O. The molecule has 0 aliphatic heterocycles. The van der Waals surface area contributed by atoms with Crippen molar-refractivity contribution >= 4 is 5.97 Å². The van der Waals surface area contributed by atoms with Gasteiger partial charge in [0, 0.05) is 6.42 Å². The van der Waals surface area contributed by atoms with E-state index in [1.165, 1.54) is 32.1 Å². The summed E-state index contributed by atoms with van der Waals surface area (Å²) in [6.07, 6.45) is 8.42. The Bertz CT molecular complexity index is 163. The second-order valence-electron chi connectivity index (χ2n) is 4.52. The second kappa shape index (κ2) is 7.72. The normalized spacial score (nSPS) is 11.7. The molecular weight excluding hydrogens is 188 g/mol. The lowest BCUT2D eigenvalue weighted by Gasteiger charge is -2.30. The quantitative estimate of drug-likeness (QED) is 0.583. The van der Waals surface area contributed by atoms with Crippen LogP contribution < -0.4 is 0 Å². The number of carboxylic acid groups (broad SMARTS) is 1. The van der Waals surface area contributed by atoms with Crippen LogP contribution in [0.1, 0.15) is 72.1 Å². The predicted octanol–water partition coefficient (Wildman–Crippen LogP) is 4.24. The lowest BCUT2D eigenvalue weighted by atomic mass is 9.75. The van der Waals surface area contributed by atoms with E-state index in [4.69, 9.17) is 5.11 Å². The highest BCUT2D eigenvalue weighted by Crippen LogP contribution is 2.36. The molecule has 0 bridgehead atoms. The van der Waals surface area contributed by atoms with Crippen molar-refractivity contribution in [3.05, 3.63) is 0 Å². The second-order valence-corrected chi connectivity index (χ2v) is 4.52. The first kappa shape index (κ1) is 14.5. The van der Waals surface area contributed by atoms with Gasteiger partial charge < -0.3 is 5.11 Å². The fourth-order valence-electron chi connectivity index (χ4n) is 2.23. The average molecular weight is 214 g/mol. The van der Waals surface area contributed by atoms with E-state index >= 15 is 0 Å².